The van der Waals surface area contributed by atoms with Crippen LogP contribution in [0.2, 0.25) is 0 Å². The van der Waals surface area contributed by atoms with Gasteiger partial charge in [0, 0.05) is 46.9 Å². The van der Waals surface area contributed by atoms with Crippen LogP contribution in [0.3, 0.4) is 0 Å². The molecule has 4 rings (SSSR count). The molecule has 1 aliphatic heterocycles. The van der Waals surface area contributed by atoms with Crippen molar-refractivity contribution in [2.24, 2.45) is 0 Å². The number of benzene rings is 2. The van der Waals surface area contributed by atoms with Gasteiger partial charge in [0.1, 0.15) is 5.82 Å². The summed E-state index contributed by atoms with van der Waals surface area (Å²) in [6.07, 6.45) is 2.44. The predicted molar refractivity (Wildman–Crippen MR) is 100 cm³/mol. The smallest absolute Gasteiger partial charge is 0.254 e. The summed E-state index contributed by atoms with van der Waals surface area (Å²) in [5.41, 5.74) is 3.33. The largest absolute Gasteiger partial charge is 0.334 e. The number of carbonyl (C=O) groups is 1. The second kappa shape index (κ2) is 6.96. The van der Waals surface area contributed by atoms with Gasteiger partial charge in [0.15, 0.2) is 5.82 Å². The van der Waals surface area contributed by atoms with Crippen LogP contribution in [-0.2, 0) is 13.0 Å². The lowest BCUT2D eigenvalue weighted by molar-refractivity contribution is 0.0733. The van der Waals surface area contributed by atoms with E-state index in [1.807, 2.05) is 29.2 Å². The van der Waals surface area contributed by atoms with Crippen molar-refractivity contribution < 1.29 is 9.18 Å². The molecule has 0 atom stereocenters. The molecule has 1 amide bonds. The van der Waals surface area contributed by atoms with E-state index in [0.29, 0.717) is 30.9 Å². The SMILES string of the molecule is O=C(c1cccc(Br)c1)N1CCc2nc(-c3ccc(F)cc3)ncc2C1. The van der Waals surface area contributed by atoms with Crippen LogP contribution in [0.25, 0.3) is 11.4 Å². The summed E-state index contributed by atoms with van der Waals surface area (Å²) in [6.45, 7) is 1.10. The lowest BCUT2D eigenvalue weighted by Crippen LogP contribution is -2.36. The Morgan fingerprint density at radius 2 is 1.96 bits per heavy atom. The fourth-order valence-corrected chi connectivity index (χ4v) is 3.43. The lowest BCUT2D eigenvalue weighted by atomic mass is 10.1. The molecule has 0 spiro atoms. The van der Waals surface area contributed by atoms with E-state index in [4.69, 9.17) is 0 Å². The number of carbonyl (C=O) groups excluding carboxylic acids is 1. The molecule has 130 valence electrons. The Hall–Kier alpha value is -2.60. The first-order chi connectivity index (χ1) is 12.6. The van der Waals surface area contributed by atoms with Gasteiger partial charge in [-0.05, 0) is 42.5 Å². The van der Waals surface area contributed by atoms with Crippen molar-refractivity contribution in [2.45, 2.75) is 13.0 Å². The van der Waals surface area contributed by atoms with Gasteiger partial charge in [-0.2, -0.15) is 0 Å². The average Bonchev–Trinajstić information content (AvgIpc) is 2.67. The Bertz CT molecular complexity index is 975. The van der Waals surface area contributed by atoms with E-state index in [2.05, 4.69) is 25.9 Å². The van der Waals surface area contributed by atoms with Gasteiger partial charge in [0.05, 0.1) is 5.69 Å². The van der Waals surface area contributed by atoms with Crippen molar-refractivity contribution in [1.29, 1.82) is 0 Å². The van der Waals surface area contributed by atoms with Crippen molar-refractivity contribution in [3.8, 4) is 11.4 Å². The van der Waals surface area contributed by atoms with Gasteiger partial charge in [-0.1, -0.05) is 22.0 Å². The van der Waals surface area contributed by atoms with E-state index in [9.17, 15) is 9.18 Å². The zero-order valence-corrected chi connectivity index (χ0v) is 15.4. The predicted octanol–water partition coefficient (Wildman–Crippen LogP) is 4.24. The van der Waals surface area contributed by atoms with Gasteiger partial charge in [-0.15, -0.1) is 0 Å². The van der Waals surface area contributed by atoms with E-state index in [0.717, 1.165) is 21.3 Å². The van der Waals surface area contributed by atoms with Crippen LogP contribution in [-0.4, -0.2) is 27.3 Å². The molecule has 2 heterocycles. The molecule has 0 saturated carbocycles. The number of fused-ring (bicyclic) bond motifs is 1. The summed E-state index contributed by atoms with van der Waals surface area (Å²) in [7, 11) is 0. The maximum absolute atomic E-state index is 13.1. The topological polar surface area (TPSA) is 46.1 Å². The first kappa shape index (κ1) is 16.8. The summed E-state index contributed by atoms with van der Waals surface area (Å²) in [6, 6.07) is 13.5. The van der Waals surface area contributed by atoms with Crippen molar-refractivity contribution in [2.75, 3.05) is 6.54 Å². The van der Waals surface area contributed by atoms with Crippen molar-refractivity contribution in [1.82, 2.24) is 14.9 Å². The van der Waals surface area contributed by atoms with E-state index in [-0.39, 0.29) is 11.7 Å². The Morgan fingerprint density at radius 3 is 2.73 bits per heavy atom. The average molecular weight is 412 g/mol. The molecule has 0 bridgehead atoms. The van der Waals surface area contributed by atoms with Crippen molar-refractivity contribution in [3.05, 3.63) is 81.8 Å². The van der Waals surface area contributed by atoms with E-state index in [1.165, 1.54) is 12.1 Å². The molecular weight excluding hydrogens is 397 g/mol. The molecule has 0 radical (unpaired) electrons. The molecule has 0 unspecified atom stereocenters. The minimum absolute atomic E-state index is 0.000406. The van der Waals surface area contributed by atoms with Gasteiger partial charge in [0.2, 0.25) is 0 Å². The standard InChI is InChI=1S/C20H15BrFN3O/c21-16-3-1-2-14(10-16)20(26)25-9-8-18-15(12-25)11-23-19(24-18)13-4-6-17(22)7-5-13/h1-7,10-11H,8-9,12H2. The van der Waals surface area contributed by atoms with Crippen LogP contribution in [0.4, 0.5) is 4.39 Å². The van der Waals surface area contributed by atoms with Gasteiger partial charge >= 0.3 is 0 Å². The third-order valence-electron chi connectivity index (χ3n) is 4.40. The first-order valence-corrected chi connectivity index (χ1v) is 9.05. The third-order valence-corrected chi connectivity index (χ3v) is 4.89. The third kappa shape index (κ3) is 3.37. The number of hydrogen-bond donors (Lipinski definition) is 0. The minimum Gasteiger partial charge on any atom is -0.334 e. The number of hydrogen-bond acceptors (Lipinski definition) is 3. The van der Waals surface area contributed by atoms with Gasteiger partial charge in [-0.3, -0.25) is 4.79 Å². The highest BCUT2D eigenvalue weighted by atomic mass is 79.9. The quantitative estimate of drug-likeness (QED) is 0.633. The summed E-state index contributed by atoms with van der Waals surface area (Å²) in [5, 5.41) is 0. The zero-order chi connectivity index (χ0) is 18.1. The van der Waals surface area contributed by atoms with Crippen LogP contribution >= 0.6 is 15.9 Å². The van der Waals surface area contributed by atoms with Gasteiger partial charge in [0.25, 0.3) is 5.91 Å². The Morgan fingerprint density at radius 1 is 1.15 bits per heavy atom. The van der Waals surface area contributed by atoms with E-state index < -0.39 is 0 Å². The maximum atomic E-state index is 13.1. The van der Waals surface area contributed by atoms with Gasteiger partial charge in [-0.25, -0.2) is 14.4 Å². The van der Waals surface area contributed by atoms with Crippen LogP contribution in [0.15, 0.2) is 59.2 Å². The number of nitrogens with zero attached hydrogens (tertiary/aromatic N) is 3. The summed E-state index contributed by atoms with van der Waals surface area (Å²) >= 11 is 3.40. The Kier molecular flexibility index (Phi) is 4.51. The molecule has 0 N–H and O–H groups in total. The number of rotatable bonds is 2. The highest BCUT2D eigenvalue weighted by molar-refractivity contribution is 9.10. The first-order valence-electron chi connectivity index (χ1n) is 8.26. The minimum atomic E-state index is -0.284. The monoisotopic (exact) mass is 411 g/mol. The number of aromatic nitrogens is 2. The second-order valence-electron chi connectivity index (χ2n) is 6.16. The highest BCUT2D eigenvalue weighted by Crippen LogP contribution is 2.23. The van der Waals surface area contributed by atoms with Crippen LogP contribution < -0.4 is 0 Å². The van der Waals surface area contributed by atoms with Crippen molar-refractivity contribution >= 4 is 21.8 Å². The molecule has 0 saturated heterocycles. The molecule has 0 fully saturated rings. The van der Waals surface area contributed by atoms with Crippen molar-refractivity contribution in [3.63, 3.8) is 0 Å². The molecule has 1 aliphatic rings. The molecule has 6 heteroatoms. The molecule has 1 aromatic heterocycles. The molecular formula is C20H15BrFN3O. The molecule has 0 aliphatic carbocycles. The lowest BCUT2D eigenvalue weighted by Gasteiger charge is -2.28. The molecule has 26 heavy (non-hydrogen) atoms. The van der Waals surface area contributed by atoms with Crippen LogP contribution in [0.5, 0.6) is 0 Å². The number of amides is 1. The van der Waals surface area contributed by atoms with Gasteiger partial charge < -0.3 is 4.90 Å². The van der Waals surface area contributed by atoms with E-state index >= 15 is 0 Å². The zero-order valence-electron chi connectivity index (χ0n) is 13.8. The Labute approximate surface area is 158 Å². The fraction of sp³-hybridized carbons (Fsp3) is 0.150. The van der Waals surface area contributed by atoms with Crippen LogP contribution in [0, 0.1) is 5.82 Å². The molecule has 3 aromatic rings. The molecule has 2 aromatic carbocycles. The summed E-state index contributed by atoms with van der Waals surface area (Å²) in [5.74, 6) is 0.295. The highest BCUT2D eigenvalue weighted by Gasteiger charge is 2.23. The fourth-order valence-electron chi connectivity index (χ4n) is 3.03. The normalized spacial score (nSPS) is 13.4. The van der Waals surface area contributed by atoms with Crippen LogP contribution in [0.1, 0.15) is 21.6 Å². The summed E-state index contributed by atoms with van der Waals surface area (Å²) in [4.78, 5) is 23.5. The maximum Gasteiger partial charge on any atom is 0.254 e. The second-order valence-corrected chi connectivity index (χ2v) is 7.08. The number of halogens is 2. The Balaban J connectivity index is 1.56. The van der Waals surface area contributed by atoms with E-state index in [1.54, 1.807) is 18.3 Å². The summed E-state index contributed by atoms with van der Waals surface area (Å²) < 4.78 is 14.0. The molecule has 4 nitrogen and oxygen atoms in total.